The minimum atomic E-state index is -3.24. The maximum Gasteiger partial charge on any atom is 0.183 e. The highest BCUT2D eigenvalue weighted by Gasteiger charge is 2.15. The average molecular weight is 299 g/mol. The predicted octanol–water partition coefficient (Wildman–Crippen LogP) is 1.67. The number of nitrogens with one attached hydrogen (secondary N) is 1. The first-order valence-corrected chi connectivity index (χ1v) is 8.57. The standard InChI is InChI=1S/C12H17N3O2S2/c1-15(2)8-7-13-12-14-11-9(18-12)5-4-6-10(11)19(3,16)17/h4-6H,7-8H2,1-3H3,(H,13,14). The molecule has 0 unspecified atom stereocenters. The summed E-state index contributed by atoms with van der Waals surface area (Å²) in [6, 6.07) is 5.24. The van der Waals surface area contributed by atoms with Gasteiger partial charge in [-0.2, -0.15) is 0 Å². The third-order valence-electron chi connectivity index (χ3n) is 2.62. The first kappa shape index (κ1) is 14.2. The number of sulfone groups is 1. The lowest BCUT2D eigenvalue weighted by molar-refractivity contribution is 0.425. The van der Waals surface area contributed by atoms with Gasteiger partial charge in [-0.15, -0.1) is 0 Å². The summed E-state index contributed by atoms with van der Waals surface area (Å²) in [5.74, 6) is 0. The summed E-state index contributed by atoms with van der Waals surface area (Å²) in [6.07, 6.45) is 1.21. The van der Waals surface area contributed by atoms with Gasteiger partial charge >= 0.3 is 0 Å². The molecule has 1 heterocycles. The van der Waals surface area contributed by atoms with Crippen molar-refractivity contribution in [3.05, 3.63) is 18.2 Å². The van der Waals surface area contributed by atoms with E-state index in [4.69, 9.17) is 0 Å². The summed E-state index contributed by atoms with van der Waals surface area (Å²) >= 11 is 1.47. The summed E-state index contributed by atoms with van der Waals surface area (Å²) in [7, 11) is 0.762. The lowest BCUT2D eigenvalue weighted by Gasteiger charge is -2.08. The second kappa shape index (κ2) is 5.44. The zero-order chi connectivity index (χ0) is 14.0. The largest absolute Gasteiger partial charge is 0.360 e. The van der Waals surface area contributed by atoms with Crippen LogP contribution in [0.1, 0.15) is 0 Å². The topological polar surface area (TPSA) is 62.3 Å². The molecule has 0 aliphatic heterocycles. The molecule has 19 heavy (non-hydrogen) atoms. The highest BCUT2D eigenvalue weighted by Crippen LogP contribution is 2.30. The Bertz CT molecular complexity index is 677. The average Bonchev–Trinajstić information content (AvgIpc) is 2.69. The number of likely N-dealkylation sites (N-methyl/N-ethyl adjacent to an activating group) is 1. The number of para-hydroxylation sites is 1. The van der Waals surface area contributed by atoms with E-state index in [1.807, 2.05) is 20.2 Å². The highest BCUT2D eigenvalue weighted by atomic mass is 32.2. The summed E-state index contributed by atoms with van der Waals surface area (Å²) in [6.45, 7) is 1.68. The van der Waals surface area contributed by atoms with E-state index in [2.05, 4.69) is 15.2 Å². The first-order valence-electron chi connectivity index (χ1n) is 5.86. The van der Waals surface area contributed by atoms with Crippen LogP contribution in [-0.2, 0) is 9.84 Å². The third kappa shape index (κ3) is 3.43. The molecule has 1 N–H and O–H groups in total. The van der Waals surface area contributed by atoms with Crippen molar-refractivity contribution in [2.24, 2.45) is 0 Å². The number of anilines is 1. The van der Waals surface area contributed by atoms with Crippen molar-refractivity contribution in [3.8, 4) is 0 Å². The Morgan fingerprint density at radius 3 is 2.74 bits per heavy atom. The van der Waals surface area contributed by atoms with Gasteiger partial charge in [0.05, 0.1) is 9.60 Å². The van der Waals surface area contributed by atoms with E-state index in [1.54, 1.807) is 12.1 Å². The van der Waals surface area contributed by atoms with E-state index >= 15 is 0 Å². The molecule has 0 atom stereocenters. The molecule has 1 aromatic carbocycles. The molecule has 0 amide bonds. The summed E-state index contributed by atoms with van der Waals surface area (Å²) in [4.78, 5) is 6.75. The van der Waals surface area contributed by atoms with Gasteiger partial charge < -0.3 is 10.2 Å². The van der Waals surface area contributed by atoms with E-state index in [9.17, 15) is 8.42 Å². The second-order valence-corrected chi connectivity index (χ2v) is 7.64. The molecule has 0 fully saturated rings. The van der Waals surface area contributed by atoms with Gasteiger partial charge in [0.25, 0.3) is 0 Å². The number of benzene rings is 1. The molecule has 0 saturated carbocycles. The number of hydrogen-bond donors (Lipinski definition) is 1. The van der Waals surface area contributed by atoms with Crippen molar-refractivity contribution in [2.75, 3.05) is 38.8 Å². The van der Waals surface area contributed by atoms with Gasteiger partial charge in [0, 0.05) is 19.3 Å². The fourth-order valence-corrected chi connectivity index (χ4v) is 3.50. The molecule has 2 aromatic rings. The summed E-state index contributed by atoms with van der Waals surface area (Å²) in [5.41, 5.74) is 0.558. The van der Waals surface area contributed by atoms with E-state index in [1.165, 1.54) is 17.6 Å². The lowest BCUT2D eigenvalue weighted by Crippen LogP contribution is -2.20. The van der Waals surface area contributed by atoms with E-state index in [0.29, 0.717) is 10.4 Å². The molecule has 0 aliphatic rings. The molecular formula is C12H17N3O2S2. The van der Waals surface area contributed by atoms with Gasteiger partial charge in [0.15, 0.2) is 15.0 Å². The highest BCUT2D eigenvalue weighted by molar-refractivity contribution is 7.91. The Labute approximate surface area is 117 Å². The van der Waals surface area contributed by atoms with Crippen molar-refractivity contribution in [1.82, 2.24) is 9.88 Å². The number of thiazole rings is 1. The zero-order valence-electron chi connectivity index (χ0n) is 11.2. The van der Waals surface area contributed by atoms with Crippen LogP contribution in [0.25, 0.3) is 10.2 Å². The van der Waals surface area contributed by atoms with Gasteiger partial charge in [0.1, 0.15) is 5.52 Å². The zero-order valence-corrected chi connectivity index (χ0v) is 12.8. The van der Waals surface area contributed by atoms with Crippen molar-refractivity contribution in [3.63, 3.8) is 0 Å². The van der Waals surface area contributed by atoms with Gasteiger partial charge in [0.2, 0.25) is 0 Å². The van der Waals surface area contributed by atoms with E-state index < -0.39 is 9.84 Å². The Balaban J connectivity index is 2.30. The van der Waals surface area contributed by atoms with Crippen LogP contribution < -0.4 is 5.32 Å². The van der Waals surface area contributed by atoms with Gasteiger partial charge in [-0.1, -0.05) is 17.4 Å². The van der Waals surface area contributed by atoms with Crippen molar-refractivity contribution in [1.29, 1.82) is 0 Å². The van der Waals surface area contributed by atoms with E-state index in [-0.39, 0.29) is 0 Å². The fourth-order valence-electron chi connectivity index (χ4n) is 1.68. The minimum Gasteiger partial charge on any atom is -0.360 e. The Morgan fingerprint density at radius 2 is 2.11 bits per heavy atom. The van der Waals surface area contributed by atoms with Crippen LogP contribution in [0, 0.1) is 0 Å². The van der Waals surface area contributed by atoms with Crippen molar-refractivity contribution >= 4 is 36.5 Å². The third-order valence-corrected chi connectivity index (χ3v) is 4.72. The molecule has 1 aromatic heterocycles. The van der Waals surface area contributed by atoms with Gasteiger partial charge in [-0.3, -0.25) is 0 Å². The molecule has 2 rings (SSSR count). The number of aromatic nitrogens is 1. The van der Waals surface area contributed by atoms with Crippen LogP contribution in [0.2, 0.25) is 0 Å². The number of rotatable bonds is 5. The van der Waals surface area contributed by atoms with Gasteiger partial charge in [-0.05, 0) is 26.2 Å². The van der Waals surface area contributed by atoms with Crippen LogP contribution in [0.4, 0.5) is 5.13 Å². The number of nitrogens with zero attached hydrogens (tertiary/aromatic N) is 2. The van der Waals surface area contributed by atoms with Crippen LogP contribution in [0.5, 0.6) is 0 Å². The summed E-state index contributed by atoms with van der Waals surface area (Å²) in [5, 5.41) is 3.97. The molecule has 5 nitrogen and oxygen atoms in total. The molecule has 7 heteroatoms. The lowest BCUT2D eigenvalue weighted by atomic mass is 10.3. The normalized spacial score (nSPS) is 12.2. The van der Waals surface area contributed by atoms with Crippen LogP contribution in [-0.4, -0.2) is 51.7 Å². The quantitative estimate of drug-likeness (QED) is 0.910. The van der Waals surface area contributed by atoms with Crippen LogP contribution >= 0.6 is 11.3 Å². The molecule has 0 bridgehead atoms. The Kier molecular flexibility index (Phi) is 4.07. The van der Waals surface area contributed by atoms with Crippen LogP contribution in [0.3, 0.4) is 0 Å². The van der Waals surface area contributed by atoms with Crippen molar-refractivity contribution < 1.29 is 8.42 Å². The molecule has 0 spiro atoms. The molecule has 104 valence electrons. The SMILES string of the molecule is CN(C)CCNc1nc2c(S(C)(=O)=O)cccc2s1. The maximum absolute atomic E-state index is 11.7. The molecule has 0 radical (unpaired) electrons. The smallest absolute Gasteiger partial charge is 0.183 e. The Morgan fingerprint density at radius 1 is 1.37 bits per heavy atom. The minimum absolute atomic E-state index is 0.293. The molecular weight excluding hydrogens is 282 g/mol. The maximum atomic E-state index is 11.7. The monoisotopic (exact) mass is 299 g/mol. The van der Waals surface area contributed by atoms with Crippen LogP contribution in [0.15, 0.2) is 23.1 Å². The second-order valence-electron chi connectivity index (χ2n) is 4.62. The number of fused-ring (bicyclic) bond motifs is 1. The fraction of sp³-hybridized carbons (Fsp3) is 0.417. The molecule has 0 aliphatic carbocycles. The predicted molar refractivity (Wildman–Crippen MR) is 79.8 cm³/mol. The Hall–Kier alpha value is -1.18. The molecule has 0 saturated heterocycles. The van der Waals surface area contributed by atoms with E-state index in [0.717, 1.165) is 22.9 Å². The van der Waals surface area contributed by atoms with Gasteiger partial charge in [-0.25, -0.2) is 13.4 Å². The van der Waals surface area contributed by atoms with Crippen molar-refractivity contribution in [2.45, 2.75) is 4.90 Å². The summed E-state index contributed by atoms with van der Waals surface area (Å²) < 4.78 is 24.3. The first-order chi connectivity index (χ1) is 8.88. The number of hydrogen-bond acceptors (Lipinski definition) is 6.